The maximum absolute atomic E-state index is 12.0. The van der Waals surface area contributed by atoms with Gasteiger partial charge in [-0.2, -0.15) is 0 Å². The number of anilines is 1. The molecule has 2 rings (SSSR count). The smallest absolute Gasteiger partial charge is 0.235 e. The maximum atomic E-state index is 12.0. The van der Waals surface area contributed by atoms with Gasteiger partial charge in [0.05, 0.1) is 18.6 Å². The number of benzene rings is 1. The lowest BCUT2D eigenvalue weighted by atomic mass is 10.2. The van der Waals surface area contributed by atoms with Gasteiger partial charge in [0.1, 0.15) is 5.75 Å². The van der Waals surface area contributed by atoms with E-state index in [0.29, 0.717) is 18.0 Å². The Balaban J connectivity index is 2.45. The van der Waals surface area contributed by atoms with E-state index in [1.807, 2.05) is 0 Å². The van der Waals surface area contributed by atoms with Crippen LogP contribution in [0.3, 0.4) is 0 Å². The van der Waals surface area contributed by atoms with Crippen molar-refractivity contribution in [2.24, 2.45) is 0 Å². The molecule has 1 fully saturated rings. The Morgan fingerprint density at radius 1 is 1.35 bits per heavy atom. The zero-order valence-electron chi connectivity index (χ0n) is 9.52. The summed E-state index contributed by atoms with van der Waals surface area (Å²) in [5.74, 6) is 0.875. The van der Waals surface area contributed by atoms with Crippen molar-refractivity contribution in [3.05, 3.63) is 22.7 Å². The fourth-order valence-electron chi connectivity index (χ4n) is 1.87. The lowest BCUT2D eigenvalue weighted by molar-refractivity contribution is 0.415. The summed E-state index contributed by atoms with van der Waals surface area (Å²) in [4.78, 5) is 0. The number of nitrogens with zero attached hydrogens (tertiary/aromatic N) is 1. The van der Waals surface area contributed by atoms with E-state index >= 15 is 0 Å². The molecule has 94 valence electrons. The highest BCUT2D eigenvalue weighted by Crippen LogP contribution is 2.33. The van der Waals surface area contributed by atoms with Crippen molar-refractivity contribution in [1.82, 2.24) is 0 Å². The van der Waals surface area contributed by atoms with Gasteiger partial charge in [0.2, 0.25) is 10.0 Å². The van der Waals surface area contributed by atoms with Gasteiger partial charge in [0, 0.05) is 17.1 Å². The Hall–Kier alpha value is -0.750. The molecular weight excluding hydrogens is 306 g/mol. The highest BCUT2D eigenvalue weighted by Gasteiger charge is 2.27. The topological polar surface area (TPSA) is 46.6 Å². The molecule has 0 aliphatic carbocycles. The van der Waals surface area contributed by atoms with E-state index in [1.54, 1.807) is 25.3 Å². The van der Waals surface area contributed by atoms with Gasteiger partial charge in [-0.1, -0.05) is 0 Å². The van der Waals surface area contributed by atoms with Gasteiger partial charge in [-0.3, -0.25) is 4.31 Å². The van der Waals surface area contributed by atoms with Crippen molar-refractivity contribution in [2.75, 3.05) is 23.7 Å². The fraction of sp³-hybridized carbons (Fsp3) is 0.455. The molecule has 0 spiro atoms. The molecule has 0 unspecified atom stereocenters. The second kappa shape index (κ2) is 4.86. The van der Waals surface area contributed by atoms with Crippen LogP contribution in [0.15, 0.2) is 22.7 Å². The van der Waals surface area contributed by atoms with Crippen LogP contribution in [-0.4, -0.2) is 27.8 Å². The van der Waals surface area contributed by atoms with Crippen molar-refractivity contribution in [2.45, 2.75) is 12.8 Å². The summed E-state index contributed by atoms with van der Waals surface area (Å²) in [7, 11) is -1.61. The van der Waals surface area contributed by atoms with Crippen molar-refractivity contribution in [3.63, 3.8) is 0 Å². The van der Waals surface area contributed by atoms with Crippen molar-refractivity contribution in [3.8, 4) is 5.75 Å². The van der Waals surface area contributed by atoms with E-state index in [1.165, 1.54) is 4.31 Å². The molecular formula is C11H14BrNO3S. The van der Waals surface area contributed by atoms with Gasteiger partial charge in [-0.15, -0.1) is 0 Å². The van der Waals surface area contributed by atoms with Crippen molar-refractivity contribution >= 4 is 31.6 Å². The van der Waals surface area contributed by atoms with Gasteiger partial charge in [0.25, 0.3) is 0 Å². The molecule has 0 amide bonds. The molecule has 1 aromatic rings. The first-order valence-corrected chi connectivity index (χ1v) is 7.79. The average Bonchev–Trinajstić information content (AvgIpc) is 2.30. The van der Waals surface area contributed by atoms with Crippen LogP contribution in [0.2, 0.25) is 0 Å². The number of sulfonamides is 1. The predicted molar refractivity (Wildman–Crippen MR) is 71.1 cm³/mol. The van der Waals surface area contributed by atoms with Crippen LogP contribution in [-0.2, 0) is 10.0 Å². The highest BCUT2D eigenvalue weighted by atomic mass is 79.9. The zero-order valence-corrected chi connectivity index (χ0v) is 11.9. The minimum absolute atomic E-state index is 0.219. The first-order chi connectivity index (χ1) is 8.04. The molecule has 4 nitrogen and oxygen atoms in total. The number of ether oxygens (including phenoxy) is 1. The Bertz CT molecular complexity index is 515. The second-order valence-corrected chi connectivity index (χ2v) is 6.78. The molecule has 0 bridgehead atoms. The van der Waals surface area contributed by atoms with Gasteiger partial charge < -0.3 is 4.74 Å². The highest BCUT2D eigenvalue weighted by molar-refractivity contribution is 9.10. The van der Waals surface area contributed by atoms with Crippen LogP contribution in [0.25, 0.3) is 0 Å². The number of rotatable bonds is 2. The Kier molecular flexibility index (Phi) is 3.63. The molecule has 1 aliphatic heterocycles. The van der Waals surface area contributed by atoms with E-state index in [-0.39, 0.29) is 5.75 Å². The lowest BCUT2D eigenvalue weighted by Gasteiger charge is -2.29. The summed E-state index contributed by atoms with van der Waals surface area (Å²) in [5, 5.41) is 0. The average molecular weight is 320 g/mol. The van der Waals surface area contributed by atoms with E-state index in [9.17, 15) is 8.42 Å². The fourth-order valence-corrected chi connectivity index (χ4v) is 4.10. The second-order valence-electron chi connectivity index (χ2n) is 3.91. The summed E-state index contributed by atoms with van der Waals surface area (Å²) in [6, 6.07) is 5.34. The van der Waals surface area contributed by atoms with E-state index in [0.717, 1.165) is 17.3 Å². The third-order valence-corrected chi connectivity index (χ3v) is 5.30. The molecule has 0 radical (unpaired) electrons. The standard InChI is InChI=1S/C11H14BrNO3S/c1-16-9-4-5-10(12)11(8-9)13-6-2-3-7-17(13,14)15/h4-5,8H,2-3,6-7H2,1H3. The molecule has 17 heavy (non-hydrogen) atoms. The van der Waals surface area contributed by atoms with Crippen LogP contribution in [0.4, 0.5) is 5.69 Å². The number of hydrogen-bond donors (Lipinski definition) is 0. The third kappa shape index (κ3) is 2.57. The number of halogens is 1. The molecule has 1 aliphatic rings. The summed E-state index contributed by atoms with van der Waals surface area (Å²) < 4.78 is 31.4. The molecule has 6 heteroatoms. The summed E-state index contributed by atoms with van der Waals surface area (Å²) in [6.45, 7) is 0.536. The number of methoxy groups -OCH3 is 1. The van der Waals surface area contributed by atoms with E-state index in [4.69, 9.17) is 4.74 Å². The van der Waals surface area contributed by atoms with E-state index < -0.39 is 10.0 Å². The van der Waals surface area contributed by atoms with Crippen LogP contribution in [0, 0.1) is 0 Å². The molecule has 0 atom stereocenters. The SMILES string of the molecule is COc1ccc(Br)c(N2CCCCS2(=O)=O)c1. The quantitative estimate of drug-likeness (QED) is 0.840. The van der Waals surface area contributed by atoms with Gasteiger partial charge in [-0.05, 0) is 40.9 Å². The first-order valence-electron chi connectivity index (χ1n) is 5.38. The molecule has 0 aromatic heterocycles. The Morgan fingerprint density at radius 3 is 2.76 bits per heavy atom. The predicted octanol–water partition coefficient (Wildman–Crippen LogP) is 2.39. The van der Waals surface area contributed by atoms with Crippen molar-refractivity contribution in [1.29, 1.82) is 0 Å². The van der Waals surface area contributed by atoms with Gasteiger partial charge in [0.15, 0.2) is 0 Å². The minimum atomic E-state index is -3.18. The van der Waals surface area contributed by atoms with E-state index in [2.05, 4.69) is 15.9 Å². The molecule has 1 saturated heterocycles. The zero-order chi connectivity index (χ0) is 12.5. The molecule has 1 heterocycles. The van der Waals surface area contributed by atoms with Gasteiger partial charge >= 0.3 is 0 Å². The number of hydrogen-bond acceptors (Lipinski definition) is 3. The summed E-state index contributed by atoms with van der Waals surface area (Å²) >= 11 is 3.39. The Morgan fingerprint density at radius 2 is 2.12 bits per heavy atom. The first kappa shape index (κ1) is 12.7. The normalized spacial score (nSPS) is 19.1. The summed E-state index contributed by atoms with van der Waals surface area (Å²) in [5.41, 5.74) is 0.657. The molecule has 0 saturated carbocycles. The molecule has 1 aromatic carbocycles. The monoisotopic (exact) mass is 319 g/mol. The van der Waals surface area contributed by atoms with Crippen LogP contribution in [0.1, 0.15) is 12.8 Å². The molecule has 0 N–H and O–H groups in total. The van der Waals surface area contributed by atoms with Crippen LogP contribution < -0.4 is 9.04 Å². The van der Waals surface area contributed by atoms with Crippen LogP contribution in [0.5, 0.6) is 5.75 Å². The third-order valence-electron chi connectivity index (χ3n) is 2.77. The maximum Gasteiger partial charge on any atom is 0.235 e. The Labute approximate surface area is 110 Å². The minimum Gasteiger partial charge on any atom is -0.497 e. The lowest BCUT2D eigenvalue weighted by Crippen LogP contribution is -2.38. The largest absolute Gasteiger partial charge is 0.497 e. The van der Waals surface area contributed by atoms with Gasteiger partial charge in [-0.25, -0.2) is 8.42 Å². The summed E-state index contributed by atoms with van der Waals surface area (Å²) in [6.07, 6.45) is 1.63. The van der Waals surface area contributed by atoms with Crippen molar-refractivity contribution < 1.29 is 13.2 Å². The van der Waals surface area contributed by atoms with Crippen LogP contribution >= 0.6 is 15.9 Å².